The second-order valence-corrected chi connectivity index (χ2v) is 5.08. The van der Waals surface area contributed by atoms with Crippen LogP contribution in [0.15, 0.2) is 17.1 Å². The Morgan fingerprint density at radius 1 is 1.39 bits per heavy atom. The SMILES string of the molecule is CCCCc1cc(Cl)cc(C=NC(C)CC)c1O. The minimum absolute atomic E-state index is 0.266. The molecule has 1 atom stereocenters. The number of halogens is 1. The normalized spacial score (nSPS) is 13.1. The van der Waals surface area contributed by atoms with Gasteiger partial charge in [-0.1, -0.05) is 31.9 Å². The van der Waals surface area contributed by atoms with Gasteiger partial charge in [0.15, 0.2) is 0 Å². The fourth-order valence-corrected chi connectivity index (χ4v) is 1.90. The number of benzene rings is 1. The van der Waals surface area contributed by atoms with Gasteiger partial charge in [-0.3, -0.25) is 4.99 Å². The van der Waals surface area contributed by atoms with E-state index in [4.69, 9.17) is 11.6 Å². The molecule has 0 spiro atoms. The number of unbranched alkanes of at least 4 members (excludes halogenated alkanes) is 1. The van der Waals surface area contributed by atoms with E-state index in [1.807, 2.05) is 6.07 Å². The molecule has 0 aromatic heterocycles. The maximum atomic E-state index is 10.2. The van der Waals surface area contributed by atoms with E-state index in [9.17, 15) is 5.11 Å². The molecule has 0 amide bonds. The predicted molar refractivity (Wildman–Crippen MR) is 79.1 cm³/mol. The third kappa shape index (κ3) is 4.34. The van der Waals surface area contributed by atoms with Gasteiger partial charge in [0.2, 0.25) is 0 Å². The Labute approximate surface area is 115 Å². The van der Waals surface area contributed by atoms with E-state index in [0.29, 0.717) is 16.3 Å². The molecular formula is C15H22ClNO. The van der Waals surface area contributed by atoms with Crippen molar-refractivity contribution >= 4 is 17.8 Å². The van der Waals surface area contributed by atoms with Gasteiger partial charge in [-0.05, 0) is 43.9 Å². The lowest BCUT2D eigenvalue weighted by Gasteiger charge is -2.08. The summed E-state index contributed by atoms with van der Waals surface area (Å²) in [6, 6.07) is 3.87. The number of phenolic OH excluding ortho intramolecular Hbond substituents is 1. The number of aliphatic imine (C=N–C) groups is 1. The molecule has 0 saturated carbocycles. The first-order valence-electron chi connectivity index (χ1n) is 6.63. The second kappa shape index (κ2) is 7.42. The summed E-state index contributed by atoms with van der Waals surface area (Å²) >= 11 is 6.08. The minimum atomic E-state index is 0.266. The monoisotopic (exact) mass is 267 g/mol. The van der Waals surface area contributed by atoms with Gasteiger partial charge in [-0.2, -0.15) is 0 Å². The Morgan fingerprint density at radius 3 is 2.72 bits per heavy atom. The zero-order valence-corrected chi connectivity index (χ0v) is 12.2. The summed E-state index contributed by atoms with van der Waals surface area (Å²) in [7, 11) is 0. The number of nitrogens with zero attached hydrogens (tertiary/aromatic N) is 1. The lowest BCUT2D eigenvalue weighted by atomic mass is 10.0. The van der Waals surface area contributed by atoms with Crippen molar-refractivity contribution in [2.24, 2.45) is 4.99 Å². The summed E-state index contributed by atoms with van der Waals surface area (Å²) in [6.45, 7) is 6.27. The first-order valence-corrected chi connectivity index (χ1v) is 7.00. The number of aromatic hydroxyl groups is 1. The zero-order valence-electron chi connectivity index (χ0n) is 11.4. The van der Waals surface area contributed by atoms with Crippen LogP contribution in [-0.2, 0) is 6.42 Å². The first-order chi connectivity index (χ1) is 8.58. The van der Waals surface area contributed by atoms with Crippen molar-refractivity contribution in [1.29, 1.82) is 0 Å². The van der Waals surface area contributed by atoms with Crippen molar-refractivity contribution in [3.63, 3.8) is 0 Å². The lowest BCUT2D eigenvalue weighted by molar-refractivity contribution is 0.466. The molecule has 18 heavy (non-hydrogen) atoms. The number of hydrogen-bond donors (Lipinski definition) is 1. The second-order valence-electron chi connectivity index (χ2n) is 4.64. The number of phenols is 1. The smallest absolute Gasteiger partial charge is 0.127 e. The van der Waals surface area contributed by atoms with E-state index in [1.54, 1.807) is 12.3 Å². The summed E-state index contributed by atoms with van der Waals surface area (Å²) in [6.07, 6.45) is 5.72. The predicted octanol–water partition coefficient (Wildman–Crippen LogP) is 4.61. The van der Waals surface area contributed by atoms with Crippen molar-refractivity contribution < 1.29 is 5.11 Å². The van der Waals surface area contributed by atoms with Crippen LogP contribution in [-0.4, -0.2) is 17.4 Å². The van der Waals surface area contributed by atoms with Crippen LogP contribution in [0.2, 0.25) is 5.02 Å². The molecule has 0 aliphatic carbocycles. The highest BCUT2D eigenvalue weighted by atomic mass is 35.5. The molecule has 1 aromatic rings. The Morgan fingerprint density at radius 2 is 2.11 bits per heavy atom. The molecule has 0 saturated heterocycles. The standard InChI is InChI=1S/C15H22ClNO/c1-4-6-7-12-8-14(16)9-13(15(12)18)10-17-11(3)5-2/h8-11,18H,4-7H2,1-3H3. The summed E-state index contributed by atoms with van der Waals surface area (Å²) in [4.78, 5) is 4.39. The van der Waals surface area contributed by atoms with E-state index in [0.717, 1.165) is 31.2 Å². The number of hydrogen-bond acceptors (Lipinski definition) is 2. The topological polar surface area (TPSA) is 32.6 Å². The quantitative estimate of drug-likeness (QED) is 0.751. The summed E-state index contributed by atoms with van der Waals surface area (Å²) in [5.41, 5.74) is 1.63. The minimum Gasteiger partial charge on any atom is -0.507 e. The fourth-order valence-electron chi connectivity index (χ4n) is 1.65. The zero-order chi connectivity index (χ0) is 13.5. The summed E-state index contributed by atoms with van der Waals surface area (Å²) in [5.74, 6) is 0.319. The van der Waals surface area contributed by atoms with E-state index >= 15 is 0 Å². The maximum absolute atomic E-state index is 10.2. The van der Waals surface area contributed by atoms with Gasteiger partial charge in [-0.25, -0.2) is 0 Å². The van der Waals surface area contributed by atoms with Crippen molar-refractivity contribution in [3.8, 4) is 5.75 Å². The van der Waals surface area contributed by atoms with E-state index in [1.165, 1.54) is 0 Å². The molecule has 0 aliphatic heterocycles. The average molecular weight is 268 g/mol. The Bertz CT molecular complexity index is 415. The Hall–Kier alpha value is -1.02. The van der Waals surface area contributed by atoms with Gasteiger partial charge in [0.05, 0.1) is 0 Å². The highest BCUT2D eigenvalue weighted by molar-refractivity contribution is 6.31. The van der Waals surface area contributed by atoms with Crippen LogP contribution in [0.3, 0.4) is 0 Å². The van der Waals surface area contributed by atoms with Gasteiger partial charge in [0.1, 0.15) is 5.75 Å². The van der Waals surface area contributed by atoms with Crippen molar-refractivity contribution in [2.75, 3.05) is 0 Å². The molecule has 0 bridgehead atoms. The van der Waals surface area contributed by atoms with Crippen molar-refractivity contribution in [2.45, 2.75) is 52.5 Å². The molecule has 0 heterocycles. The van der Waals surface area contributed by atoms with Gasteiger partial charge in [0.25, 0.3) is 0 Å². The molecule has 3 heteroatoms. The molecule has 0 aliphatic rings. The molecule has 0 fully saturated rings. The van der Waals surface area contributed by atoms with Crippen molar-refractivity contribution in [3.05, 3.63) is 28.3 Å². The van der Waals surface area contributed by atoms with Gasteiger partial charge in [0, 0.05) is 22.8 Å². The third-order valence-electron chi connectivity index (χ3n) is 3.04. The summed E-state index contributed by atoms with van der Waals surface area (Å²) < 4.78 is 0. The van der Waals surface area contributed by atoms with Crippen LogP contribution in [0, 0.1) is 0 Å². The van der Waals surface area contributed by atoms with Gasteiger partial charge >= 0.3 is 0 Å². The Kier molecular flexibility index (Phi) is 6.20. The van der Waals surface area contributed by atoms with E-state index in [2.05, 4.69) is 25.8 Å². The lowest BCUT2D eigenvalue weighted by Crippen LogP contribution is -1.97. The van der Waals surface area contributed by atoms with Crippen LogP contribution in [0.1, 0.15) is 51.2 Å². The average Bonchev–Trinajstić information content (AvgIpc) is 2.37. The highest BCUT2D eigenvalue weighted by Crippen LogP contribution is 2.27. The van der Waals surface area contributed by atoms with Crippen LogP contribution >= 0.6 is 11.6 Å². The molecular weight excluding hydrogens is 246 g/mol. The first kappa shape index (κ1) is 15.0. The van der Waals surface area contributed by atoms with Crippen molar-refractivity contribution in [1.82, 2.24) is 0 Å². The molecule has 1 rings (SSSR count). The fraction of sp³-hybridized carbons (Fsp3) is 0.533. The molecule has 100 valence electrons. The van der Waals surface area contributed by atoms with Crippen LogP contribution in [0.4, 0.5) is 0 Å². The molecule has 2 nitrogen and oxygen atoms in total. The number of rotatable bonds is 6. The molecule has 1 N–H and O–H groups in total. The third-order valence-corrected chi connectivity index (χ3v) is 3.26. The van der Waals surface area contributed by atoms with Crippen LogP contribution < -0.4 is 0 Å². The van der Waals surface area contributed by atoms with Crippen LogP contribution in [0.25, 0.3) is 0 Å². The van der Waals surface area contributed by atoms with E-state index in [-0.39, 0.29) is 6.04 Å². The van der Waals surface area contributed by atoms with Gasteiger partial charge in [-0.15, -0.1) is 0 Å². The molecule has 0 radical (unpaired) electrons. The molecule has 1 unspecified atom stereocenters. The number of aryl methyl sites for hydroxylation is 1. The summed E-state index contributed by atoms with van der Waals surface area (Å²) in [5, 5.41) is 10.8. The van der Waals surface area contributed by atoms with Crippen LogP contribution in [0.5, 0.6) is 5.75 Å². The van der Waals surface area contributed by atoms with Gasteiger partial charge < -0.3 is 5.11 Å². The Balaban J connectivity index is 2.97. The largest absolute Gasteiger partial charge is 0.507 e. The highest BCUT2D eigenvalue weighted by Gasteiger charge is 2.08. The maximum Gasteiger partial charge on any atom is 0.127 e. The van der Waals surface area contributed by atoms with E-state index < -0.39 is 0 Å². The molecule has 1 aromatic carbocycles.